The van der Waals surface area contributed by atoms with E-state index >= 15 is 0 Å². The molecule has 0 spiro atoms. The Hall–Kier alpha value is -2.07. The smallest absolute Gasteiger partial charge is 0.277 e. The van der Waals surface area contributed by atoms with Gasteiger partial charge in [0.15, 0.2) is 9.84 Å². The van der Waals surface area contributed by atoms with E-state index in [-0.39, 0.29) is 23.3 Å². The number of sulfone groups is 1. The van der Waals surface area contributed by atoms with E-state index in [1.165, 1.54) is 0 Å². The maximum absolute atomic E-state index is 12.3. The van der Waals surface area contributed by atoms with Crippen LogP contribution in [0.4, 0.5) is 5.69 Å². The number of nitrogens with zero attached hydrogens (tertiary/aromatic N) is 2. The van der Waals surface area contributed by atoms with Gasteiger partial charge < -0.3 is 14.5 Å². The SMILES string of the molecule is COc1ccc(NC(=O)[C@H](C)Sc2nnc(C[C@H]3CCS(=O)(=O)C3)o2)cc1. The number of rotatable bonds is 7. The molecule has 10 heteroatoms. The Balaban J connectivity index is 1.52. The summed E-state index contributed by atoms with van der Waals surface area (Å²) in [5.74, 6) is 1.33. The number of carbonyl (C=O) groups excluding carboxylic acids is 1. The number of hydrogen-bond acceptors (Lipinski definition) is 8. The van der Waals surface area contributed by atoms with E-state index in [0.717, 1.165) is 11.8 Å². The maximum atomic E-state index is 12.3. The Morgan fingerprint density at radius 2 is 2.11 bits per heavy atom. The molecular weight excluding hydrogens is 390 g/mol. The van der Waals surface area contributed by atoms with Crippen molar-refractivity contribution in [2.45, 2.75) is 30.2 Å². The molecule has 146 valence electrons. The molecule has 1 N–H and O–H groups in total. The van der Waals surface area contributed by atoms with E-state index < -0.39 is 15.1 Å². The second kappa shape index (κ2) is 8.30. The topological polar surface area (TPSA) is 111 Å². The van der Waals surface area contributed by atoms with Crippen LogP contribution in [0.2, 0.25) is 0 Å². The van der Waals surface area contributed by atoms with Gasteiger partial charge in [0.05, 0.1) is 23.9 Å². The van der Waals surface area contributed by atoms with Crippen molar-refractivity contribution in [1.29, 1.82) is 0 Å². The van der Waals surface area contributed by atoms with Crippen LogP contribution in [0, 0.1) is 5.92 Å². The highest BCUT2D eigenvalue weighted by molar-refractivity contribution is 8.00. The van der Waals surface area contributed by atoms with Crippen molar-refractivity contribution in [3.05, 3.63) is 30.2 Å². The molecule has 0 saturated carbocycles. The number of nitrogens with one attached hydrogen (secondary N) is 1. The molecule has 0 unspecified atom stereocenters. The summed E-state index contributed by atoms with van der Waals surface area (Å²) in [5.41, 5.74) is 0.668. The Morgan fingerprint density at radius 3 is 2.74 bits per heavy atom. The number of methoxy groups -OCH3 is 1. The number of hydrogen-bond donors (Lipinski definition) is 1. The Labute approximate surface area is 162 Å². The van der Waals surface area contributed by atoms with E-state index in [4.69, 9.17) is 9.15 Å². The summed E-state index contributed by atoms with van der Waals surface area (Å²) in [7, 11) is -1.35. The average molecular weight is 412 g/mol. The molecule has 0 aliphatic carbocycles. The van der Waals surface area contributed by atoms with Crippen LogP contribution in [-0.2, 0) is 21.1 Å². The van der Waals surface area contributed by atoms with Crippen LogP contribution in [0.1, 0.15) is 19.2 Å². The van der Waals surface area contributed by atoms with Crippen LogP contribution in [0.3, 0.4) is 0 Å². The predicted molar refractivity (Wildman–Crippen MR) is 102 cm³/mol. The first-order valence-corrected chi connectivity index (χ1v) is 11.2. The molecule has 2 atom stereocenters. The van der Waals surface area contributed by atoms with E-state index in [0.29, 0.717) is 35.4 Å². The minimum Gasteiger partial charge on any atom is -0.497 e. The second-order valence-corrected chi connectivity index (χ2v) is 9.93. The lowest BCUT2D eigenvalue weighted by molar-refractivity contribution is -0.115. The fourth-order valence-corrected chi connectivity index (χ4v) is 5.33. The molecule has 3 rings (SSSR count). The van der Waals surface area contributed by atoms with Gasteiger partial charge in [-0.15, -0.1) is 10.2 Å². The molecule has 1 aromatic heterocycles. The molecule has 1 aromatic carbocycles. The lowest BCUT2D eigenvalue weighted by atomic mass is 10.1. The normalized spacial score (nSPS) is 19.6. The molecule has 1 fully saturated rings. The fraction of sp³-hybridized carbons (Fsp3) is 0.471. The molecule has 8 nitrogen and oxygen atoms in total. The number of carbonyl (C=O) groups is 1. The van der Waals surface area contributed by atoms with E-state index in [1.807, 2.05) is 0 Å². The summed E-state index contributed by atoms with van der Waals surface area (Å²) in [6.45, 7) is 1.75. The third kappa shape index (κ3) is 5.46. The molecular formula is C17H21N3O5S2. The van der Waals surface area contributed by atoms with Gasteiger partial charge in [0.25, 0.3) is 5.22 Å². The highest BCUT2D eigenvalue weighted by Crippen LogP contribution is 2.26. The summed E-state index contributed by atoms with van der Waals surface area (Å²) in [6.07, 6.45) is 1.06. The first kappa shape index (κ1) is 19.7. The van der Waals surface area contributed by atoms with Crippen LogP contribution in [0.15, 0.2) is 33.9 Å². The van der Waals surface area contributed by atoms with Crippen LogP contribution in [0.25, 0.3) is 0 Å². The van der Waals surface area contributed by atoms with Crippen LogP contribution >= 0.6 is 11.8 Å². The van der Waals surface area contributed by atoms with Crippen molar-refractivity contribution in [3.8, 4) is 5.75 Å². The van der Waals surface area contributed by atoms with Gasteiger partial charge in [-0.05, 0) is 43.5 Å². The zero-order chi connectivity index (χ0) is 19.4. The number of aromatic nitrogens is 2. The molecule has 1 aliphatic rings. The van der Waals surface area contributed by atoms with Crippen molar-refractivity contribution >= 4 is 33.2 Å². The maximum Gasteiger partial charge on any atom is 0.277 e. The summed E-state index contributed by atoms with van der Waals surface area (Å²) in [6, 6.07) is 7.05. The Kier molecular flexibility index (Phi) is 6.05. The Morgan fingerprint density at radius 1 is 1.37 bits per heavy atom. The molecule has 27 heavy (non-hydrogen) atoms. The largest absolute Gasteiger partial charge is 0.497 e. The number of amides is 1. The van der Waals surface area contributed by atoms with Gasteiger partial charge in [0, 0.05) is 12.1 Å². The lowest BCUT2D eigenvalue weighted by Crippen LogP contribution is -2.22. The van der Waals surface area contributed by atoms with Gasteiger partial charge in [-0.3, -0.25) is 4.79 Å². The molecule has 1 amide bonds. The van der Waals surface area contributed by atoms with E-state index in [9.17, 15) is 13.2 Å². The summed E-state index contributed by atoms with van der Waals surface area (Å²) < 4.78 is 33.7. The summed E-state index contributed by atoms with van der Waals surface area (Å²) in [5, 5.41) is 10.6. The van der Waals surface area contributed by atoms with Gasteiger partial charge in [-0.25, -0.2) is 8.42 Å². The van der Waals surface area contributed by atoms with Crippen molar-refractivity contribution in [3.63, 3.8) is 0 Å². The first-order valence-electron chi connectivity index (χ1n) is 8.49. The first-order chi connectivity index (χ1) is 12.8. The molecule has 2 aromatic rings. The minimum absolute atomic E-state index is 0.0177. The molecule has 1 aliphatic heterocycles. The third-order valence-electron chi connectivity index (χ3n) is 4.24. The fourth-order valence-electron chi connectivity index (χ4n) is 2.77. The summed E-state index contributed by atoms with van der Waals surface area (Å²) in [4.78, 5) is 12.3. The van der Waals surface area contributed by atoms with E-state index in [1.54, 1.807) is 38.3 Å². The van der Waals surface area contributed by atoms with Crippen LogP contribution in [0.5, 0.6) is 5.75 Å². The van der Waals surface area contributed by atoms with Crippen molar-refractivity contribution in [2.75, 3.05) is 23.9 Å². The lowest BCUT2D eigenvalue weighted by Gasteiger charge is -2.10. The van der Waals surface area contributed by atoms with Crippen molar-refractivity contribution in [2.24, 2.45) is 5.92 Å². The van der Waals surface area contributed by atoms with Gasteiger partial charge in [-0.1, -0.05) is 11.8 Å². The van der Waals surface area contributed by atoms with Crippen molar-refractivity contribution < 1.29 is 22.4 Å². The zero-order valence-corrected chi connectivity index (χ0v) is 16.7. The highest BCUT2D eigenvalue weighted by Gasteiger charge is 2.29. The van der Waals surface area contributed by atoms with Gasteiger partial charge >= 0.3 is 0 Å². The minimum atomic E-state index is -2.93. The summed E-state index contributed by atoms with van der Waals surface area (Å²) >= 11 is 1.16. The monoisotopic (exact) mass is 411 g/mol. The third-order valence-corrected chi connectivity index (χ3v) is 7.01. The number of ether oxygens (including phenoxy) is 1. The standard InChI is InChI=1S/C17H21N3O5S2/c1-11(16(21)18-13-3-5-14(24-2)6-4-13)26-17-20-19-15(25-17)9-12-7-8-27(22,23)10-12/h3-6,11-12H,7-10H2,1-2H3,(H,18,21)/t11-,12+/m0/s1. The number of benzene rings is 1. The molecule has 2 heterocycles. The van der Waals surface area contributed by atoms with Gasteiger partial charge in [0.1, 0.15) is 5.75 Å². The van der Waals surface area contributed by atoms with E-state index in [2.05, 4.69) is 15.5 Å². The highest BCUT2D eigenvalue weighted by atomic mass is 32.2. The number of thioether (sulfide) groups is 1. The Bertz CT molecular complexity index is 896. The predicted octanol–water partition coefficient (Wildman–Crippen LogP) is 2.17. The molecule has 0 radical (unpaired) electrons. The quantitative estimate of drug-likeness (QED) is 0.690. The van der Waals surface area contributed by atoms with Crippen LogP contribution in [-0.4, -0.2) is 48.4 Å². The zero-order valence-electron chi connectivity index (χ0n) is 15.0. The van der Waals surface area contributed by atoms with Gasteiger partial charge in [0.2, 0.25) is 11.8 Å². The average Bonchev–Trinajstić information content (AvgIpc) is 3.21. The number of anilines is 1. The molecule has 0 bridgehead atoms. The molecule has 1 saturated heterocycles. The second-order valence-electron chi connectivity index (χ2n) is 6.41. The van der Waals surface area contributed by atoms with Gasteiger partial charge in [-0.2, -0.15) is 0 Å². The van der Waals surface area contributed by atoms with Crippen molar-refractivity contribution in [1.82, 2.24) is 10.2 Å². The van der Waals surface area contributed by atoms with Crippen LogP contribution < -0.4 is 10.1 Å².